The maximum atomic E-state index is 12.4. The molecule has 7 heteroatoms. The Morgan fingerprint density at radius 1 is 0.967 bits per heavy atom. The molecule has 5 nitrogen and oxygen atoms in total. The van der Waals surface area contributed by atoms with Gasteiger partial charge in [-0.2, -0.15) is 0 Å². The van der Waals surface area contributed by atoms with E-state index in [1.807, 2.05) is 36.4 Å². The fourth-order valence-corrected chi connectivity index (χ4v) is 4.37. The molecule has 1 aliphatic rings. The Morgan fingerprint density at radius 2 is 1.70 bits per heavy atom. The van der Waals surface area contributed by atoms with Crippen LogP contribution in [0.4, 0.5) is 0 Å². The largest absolute Gasteiger partial charge is 0.489 e. The van der Waals surface area contributed by atoms with Crippen molar-refractivity contribution in [2.24, 2.45) is 0 Å². The summed E-state index contributed by atoms with van der Waals surface area (Å²) in [5, 5.41) is 0.413. The van der Waals surface area contributed by atoms with E-state index < -0.39 is 0 Å². The Balaban J connectivity index is 1.25. The zero-order valence-electron chi connectivity index (χ0n) is 15.9. The van der Waals surface area contributed by atoms with Crippen LogP contribution in [0, 0.1) is 0 Å². The van der Waals surface area contributed by atoms with E-state index in [1.165, 1.54) is 11.8 Å². The number of hydrogen-bond donors (Lipinski definition) is 2. The third-order valence-electron chi connectivity index (χ3n) is 4.67. The van der Waals surface area contributed by atoms with Crippen LogP contribution >= 0.6 is 23.4 Å². The van der Waals surface area contributed by atoms with E-state index in [1.54, 1.807) is 36.4 Å². The molecule has 2 amide bonds. The number of rotatable bonds is 5. The van der Waals surface area contributed by atoms with Gasteiger partial charge in [0.15, 0.2) is 0 Å². The van der Waals surface area contributed by atoms with Crippen LogP contribution in [0.15, 0.2) is 77.7 Å². The molecule has 0 spiro atoms. The SMILES string of the molecule is O=C(NNC(=O)[C@H]1Cc2ccccc2S1)c1ccc(COc2ccc(Cl)cc2)cc1. The lowest BCUT2D eigenvalue weighted by Crippen LogP contribution is -2.45. The molecule has 1 heterocycles. The van der Waals surface area contributed by atoms with Crippen LogP contribution in [-0.2, 0) is 17.8 Å². The average Bonchev–Trinajstić information content (AvgIpc) is 3.22. The van der Waals surface area contributed by atoms with Crippen LogP contribution < -0.4 is 15.6 Å². The minimum absolute atomic E-state index is 0.211. The van der Waals surface area contributed by atoms with E-state index in [-0.39, 0.29) is 17.1 Å². The van der Waals surface area contributed by atoms with Gasteiger partial charge in [0.25, 0.3) is 11.8 Å². The van der Waals surface area contributed by atoms with Crippen molar-refractivity contribution in [1.29, 1.82) is 0 Å². The van der Waals surface area contributed by atoms with Gasteiger partial charge in [-0.25, -0.2) is 0 Å². The number of benzene rings is 3. The van der Waals surface area contributed by atoms with Gasteiger partial charge in [-0.1, -0.05) is 41.9 Å². The van der Waals surface area contributed by atoms with Crippen LogP contribution in [0.5, 0.6) is 5.75 Å². The maximum absolute atomic E-state index is 12.4. The molecule has 30 heavy (non-hydrogen) atoms. The highest BCUT2D eigenvalue weighted by molar-refractivity contribution is 8.01. The number of carbonyl (C=O) groups is 2. The summed E-state index contributed by atoms with van der Waals surface area (Å²) in [5.41, 5.74) is 7.55. The molecule has 0 fully saturated rings. The van der Waals surface area contributed by atoms with Crippen molar-refractivity contribution in [3.8, 4) is 5.75 Å². The molecule has 2 N–H and O–H groups in total. The molecule has 3 aromatic rings. The molecule has 0 saturated heterocycles. The summed E-state index contributed by atoms with van der Waals surface area (Å²) in [6.45, 7) is 0.375. The van der Waals surface area contributed by atoms with Gasteiger partial charge in [-0.3, -0.25) is 20.4 Å². The molecule has 0 aliphatic carbocycles. The Bertz CT molecular complexity index is 1030. The molecule has 0 aromatic heterocycles. The number of amides is 2. The first-order chi connectivity index (χ1) is 14.6. The van der Waals surface area contributed by atoms with E-state index in [4.69, 9.17) is 16.3 Å². The van der Waals surface area contributed by atoms with Crippen LogP contribution in [-0.4, -0.2) is 17.1 Å². The minimum atomic E-state index is -0.367. The number of nitrogens with one attached hydrogen (secondary N) is 2. The van der Waals surface area contributed by atoms with Crippen LogP contribution in [0.3, 0.4) is 0 Å². The fraction of sp³-hybridized carbons (Fsp3) is 0.130. The smallest absolute Gasteiger partial charge is 0.269 e. The summed E-state index contributed by atoms with van der Waals surface area (Å²) in [5.74, 6) is 0.141. The predicted molar refractivity (Wildman–Crippen MR) is 118 cm³/mol. The molecule has 0 bridgehead atoms. The molecule has 4 rings (SSSR count). The second kappa shape index (κ2) is 9.24. The molecule has 1 aliphatic heterocycles. The molecule has 0 radical (unpaired) electrons. The minimum Gasteiger partial charge on any atom is -0.489 e. The zero-order chi connectivity index (χ0) is 20.9. The molecule has 1 atom stereocenters. The van der Waals surface area contributed by atoms with Crippen LogP contribution in [0.2, 0.25) is 5.02 Å². The van der Waals surface area contributed by atoms with Crippen molar-refractivity contribution >= 4 is 35.2 Å². The van der Waals surface area contributed by atoms with Gasteiger partial charge in [-0.05, 0) is 60.0 Å². The monoisotopic (exact) mass is 438 g/mol. The summed E-state index contributed by atoms with van der Waals surface area (Å²) in [4.78, 5) is 25.8. The molecule has 152 valence electrons. The van der Waals surface area contributed by atoms with Crippen LogP contribution in [0.1, 0.15) is 21.5 Å². The number of ether oxygens (including phenoxy) is 1. The van der Waals surface area contributed by atoms with Crippen molar-refractivity contribution in [3.05, 3.63) is 94.5 Å². The Morgan fingerprint density at radius 3 is 2.43 bits per heavy atom. The normalized spacial score (nSPS) is 14.6. The predicted octanol–water partition coefficient (Wildman–Crippen LogP) is 4.40. The number of hydrazine groups is 1. The lowest BCUT2D eigenvalue weighted by atomic mass is 10.1. The van der Waals surface area contributed by atoms with Gasteiger partial charge in [0.2, 0.25) is 0 Å². The number of halogens is 1. The van der Waals surface area contributed by atoms with E-state index in [0.29, 0.717) is 23.6 Å². The van der Waals surface area contributed by atoms with E-state index >= 15 is 0 Å². The Hall–Kier alpha value is -2.96. The number of carbonyl (C=O) groups excluding carboxylic acids is 2. The van der Waals surface area contributed by atoms with Gasteiger partial charge in [-0.15, -0.1) is 11.8 Å². The van der Waals surface area contributed by atoms with Gasteiger partial charge in [0.05, 0.1) is 5.25 Å². The molecule has 0 unspecified atom stereocenters. The van der Waals surface area contributed by atoms with Crippen molar-refractivity contribution in [2.45, 2.75) is 23.2 Å². The summed E-state index contributed by atoms with van der Waals surface area (Å²) in [6, 6.07) is 22.1. The van der Waals surface area contributed by atoms with Gasteiger partial charge >= 0.3 is 0 Å². The first-order valence-corrected chi connectivity index (χ1v) is 10.7. The standard InChI is InChI=1S/C23H19ClN2O3S/c24-18-9-11-19(12-10-18)29-14-15-5-7-16(8-6-15)22(27)25-26-23(28)21-13-17-3-1-2-4-20(17)30-21/h1-12,21H,13-14H2,(H,25,27)(H,26,28)/t21-/m1/s1. The highest BCUT2D eigenvalue weighted by Gasteiger charge is 2.28. The lowest BCUT2D eigenvalue weighted by Gasteiger charge is -2.11. The van der Waals surface area contributed by atoms with E-state index in [9.17, 15) is 9.59 Å². The van der Waals surface area contributed by atoms with Gasteiger partial charge in [0, 0.05) is 15.5 Å². The van der Waals surface area contributed by atoms with Crippen molar-refractivity contribution in [1.82, 2.24) is 10.9 Å². The number of thioether (sulfide) groups is 1. The van der Waals surface area contributed by atoms with Crippen molar-refractivity contribution < 1.29 is 14.3 Å². The summed E-state index contributed by atoms with van der Waals surface area (Å²) >= 11 is 7.37. The molecule has 0 saturated carbocycles. The topological polar surface area (TPSA) is 67.4 Å². The zero-order valence-corrected chi connectivity index (χ0v) is 17.5. The number of hydrogen-bond acceptors (Lipinski definition) is 4. The van der Waals surface area contributed by atoms with E-state index in [2.05, 4.69) is 10.9 Å². The second-order valence-electron chi connectivity index (χ2n) is 6.80. The quantitative estimate of drug-likeness (QED) is 0.579. The highest BCUT2D eigenvalue weighted by Crippen LogP contribution is 2.36. The number of fused-ring (bicyclic) bond motifs is 1. The third-order valence-corrected chi connectivity index (χ3v) is 6.24. The van der Waals surface area contributed by atoms with Crippen LogP contribution in [0.25, 0.3) is 0 Å². The van der Waals surface area contributed by atoms with Crippen molar-refractivity contribution in [3.63, 3.8) is 0 Å². The first-order valence-electron chi connectivity index (χ1n) is 9.40. The van der Waals surface area contributed by atoms with Gasteiger partial charge in [0.1, 0.15) is 12.4 Å². The summed E-state index contributed by atoms with van der Waals surface area (Å²) in [6.07, 6.45) is 0.658. The summed E-state index contributed by atoms with van der Waals surface area (Å²) in [7, 11) is 0. The molecule has 3 aromatic carbocycles. The Labute approximate surface area is 183 Å². The third kappa shape index (κ3) is 4.96. The first kappa shape index (κ1) is 20.3. The molecular weight excluding hydrogens is 420 g/mol. The fourth-order valence-electron chi connectivity index (χ4n) is 3.05. The Kier molecular flexibility index (Phi) is 6.26. The second-order valence-corrected chi connectivity index (χ2v) is 8.48. The lowest BCUT2D eigenvalue weighted by molar-refractivity contribution is -0.121. The highest BCUT2D eigenvalue weighted by atomic mass is 35.5. The van der Waals surface area contributed by atoms with E-state index in [0.717, 1.165) is 21.8 Å². The molecular formula is C23H19ClN2O3S. The van der Waals surface area contributed by atoms with Crippen molar-refractivity contribution in [2.75, 3.05) is 0 Å². The summed E-state index contributed by atoms with van der Waals surface area (Å²) < 4.78 is 5.69. The maximum Gasteiger partial charge on any atom is 0.269 e. The average molecular weight is 439 g/mol. The van der Waals surface area contributed by atoms with Gasteiger partial charge < -0.3 is 4.74 Å².